The van der Waals surface area contributed by atoms with Crippen molar-refractivity contribution < 1.29 is 14.6 Å². The van der Waals surface area contributed by atoms with Crippen LogP contribution in [0.5, 0.6) is 0 Å². The molecule has 0 radical (unpaired) electrons. The van der Waals surface area contributed by atoms with Gasteiger partial charge in [0.05, 0.1) is 18.3 Å². The van der Waals surface area contributed by atoms with Crippen molar-refractivity contribution >= 4 is 21.9 Å². The predicted molar refractivity (Wildman–Crippen MR) is 80.7 cm³/mol. The summed E-state index contributed by atoms with van der Waals surface area (Å²) < 4.78 is 6.57. The number of aromatic carboxylic acids is 1. The van der Waals surface area contributed by atoms with E-state index >= 15 is 0 Å². The molecule has 0 amide bonds. The van der Waals surface area contributed by atoms with E-state index < -0.39 is 5.97 Å². The Morgan fingerprint density at radius 1 is 1.25 bits per heavy atom. The number of halogens is 1. The molecule has 104 valence electrons. The van der Waals surface area contributed by atoms with Crippen molar-refractivity contribution in [3.8, 4) is 0 Å². The fraction of sp³-hybridized carbons (Fsp3) is 0.188. The molecule has 20 heavy (non-hydrogen) atoms. The van der Waals surface area contributed by atoms with Gasteiger partial charge in [-0.05, 0) is 30.2 Å². The lowest BCUT2D eigenvalue weighted by molar-refractivity contribution is 0.0521. The van der Waals surface area contributed by atoms with E-state index in [-0.39, 0.29) is 11.7 Å². The van der Waals surface area contributed by atoms with E-state index in [2.05, 4.69) is 15.9 Å². The molecule has 3 nitrogen and oxygen atoms in total. The number of carboxylic acids is 1. The molecule has 0 saturated carbocycles. The van der Waals surface area contributed by atoms with Gasteiger partial charge in [-0.15, -0.1) is 0 Å². The molecule has 0 bridgehead atoms. The molecule has 4 heteroatoms. The van der Waals surface area contributed by atoms with Gasteiger partial charge in [-0.2, -0.15) is 0 Å². The van der Waals surface area contributed by atoms with Crippen molar-refractivity contribution in [2.45, 2.75) is 19.6 Å². The standard InChI is InChI=1S/C16H15BrO3/c1-11(12-5-3-2-4-6-12)20-10-14-8-7-13(16(18)19)9-15(14)17/h2-9,11H,10H2,1H3,(H,18,19). The van der Waals surface area contributed by atoms with E-state index in [9.17, 15) is 4.79 Å². The molecule has 0 spiro atoms. The van der Waals surface area contributed by atoms with Gasteiger partial charge in [0.25, 0.3) is 0 Å². The molecular formula is C16H15BrO3. The van der Waals surface area contributed by atoms with Crippen LogP contribution in [0.1, 0.15) is 34.5 Å². The van der Waals surface area contributed by atoms with Gasteiger partial charge < -0.3 is 9.84 Å². The van der Waals surface area contributed by atoms with Crippen molar-refractivity contribution in [1.82, 2.24) is 0 Å². The van der Waals surface area contributed by atoms with Crippen LogP contribution < -0.4 is 0 Å². The first kappa shape index (κ1) is 14.8. The van der Waals surface area contributed by atoms with Crippen molar-refractivity contribution in [3.05, 3.63) is 69.7 Å². The van der Waals surface area contributed by atoms with Gasteiger partial charge in [-0.1, -0.05) is 52.3 Å². The Morgan fingerprint density at radius 3 is 2.55 bits per heavy atom. The molecule has 2 rings (SSSR count). The highest BCUT2D eigenvalue weighted by Gasteiger charge is 2.09. The molecule has 0 aliphatic carbocycles. The Labute approximate surface area is 126 Å². The van der Waals surface area contributed by atoms with E-state index in [1.165, 1.54) is 0 Å². The van der Waals surface area contributed by atoms with Gasteiger partial charge in [0.2, 0.25) is 0 Å². The zero-order chi connectivity index (χ0) is 14.5. The Balaban J connectivity index is 2.02. The summed E-state index contributed by atoms with van der Waals surface area (Å²) in [5, 5.41) is 8.91. The lowest BCUT2D eigenvalue weighted by Crippen LogP contribution is -2.02. The highest BCUT2D eigenvalue weighted by molar-refractivity contribution is 9.10. The summed E-state index contributed by atoms with van der Waals surface area (Å²) >= 11 is 3.38. The van der Waals surface area contributed by atoms with Crippen LogP contribution in [-0.4, -0.2) is 11.1 Å². The average molecular weight is 335 g/mol. The number of ether oxygens (including phenoxy) is 1. The van der Waals surface area contributed by atoms with Gasteiger partial charge in [0.1, 0.15) is 0 Å². The average Bonchev–Trinajstić information content (AvgIpc) is 2.46. The number of carboxylic acid groups (broad SMARTS) is 1. The first-order valence-electron chi connectivity index (χ1n) is 6.26. The summed E-state index contributed by atoms with van der Waals surface area (Å²) in [6.45, 7) is 2.42. The van der Waals surface area contributed by atoms with Gasteiger partial charge in [-0.3, -0.25) is 0 Å². The first-order chi connectivity index (χ1) is 9.58. The Bertz CT molecular complexity index is 596. The van der Waals surface area contributed by atoms with Crippen LogP contribution in [0.4, 0.5) is 0 Å². The van der Waals surface area contributed by atoms with E-state index in [1.54, 1.807) is 18.2 Å². The highest BCUT2D eigenvalue weighted by Crippen LogP contribution is 2.23. The number of hydrogen-bond donors (Lipinski definition) is 1. The monoisotopic (exact) mass is 334 g/mol. The van der Waals surface area contributed by atoms with Gasteiger partial charge in [0.15, 0.2) is 0 Å². The second-order valence-corrected chi connectivity index (χ2v) is 5.33. The lowest BCUT2D eigenvalue weighted by Gasteiger charge is -2.14. The lowest BCUT2D eigenvalue weighted by atomic mass is 10.1. The molecule has 0 aliphatic rings. The van der Waals surface area contributed by atoms with E-state index in [1.807, 2.05) is 37.3 Å². The highest BCUT2D eigenvalue weighted by atomic mass is 79.9. The normalized spacial score (nSPS) is 12.1. The summed E-state index contributed by atoms with van der Waals surface area (Å²) in [5.41, 5.74) is 2.31. The molecule has 1 atom stereocenters. The van der Waals surface area contributed by atoms with E-state index in [4.69, 9.17) is 9.84 Å². The summed E-state index contributed by atoms with van der Waals surface area (Å²) in [4.78, 5) is 10.9. The number of carbonyl (C=O) groups is 1. The van der Waals surface area contributed by atoms with E-state index in [0.29, 0.717) is 6.61 Å². The molecule has 0 heterocycles. The quantitative estimate of drug-likeness (QED) is 0.879. The van der Waals surface area contributed by atoms with Crippen LogP contribution in [0.2, 0.25) is 0 Å². The zero-order valence-electron chi connectivity index (χ0n) is 11.0. The maximum absolute atomic E-state index is 10.9. The number of benzene rings is 2. The molecule has 0 saturated heterocycles. The topological polar surface area (TPSA) is 46.5 Å². The van der Waals surface area contributed by atoms with Crippen LogP contribution in [0, 0.1) is 0 Å². The summed E-state index contributed by atoms with van der Waals surface area (Å²) in [5.74, 6) is -0.934. The molecule has 1 unspecified atom stereocenters. The Hall–Kier alpha value is -1.65. The fourth-order valence-corrected chi connectivity index (χ4v) is 2.33. The van der Waals surface area contributed by atoms with Crippen LogP contribution in [-0.2, 0) is 11.3 Å². The van der Waals surface area contributed by atoms with Crippen molar-refractivity contribution in [2.75, 3.05) is 0 Å². The van der Waals surface area contributed by atoms with Gasteiger partial charge in [0, 0.05) is 4.47 Å². The van der Waals surface area contributed by atoms with Crippen molar-refractivity contribution in [3.63, 3.8) is 0 Å². The SMILES string of the molecule is CC(OCc1ccc(C(=O)O)cc1Br)c1ccccc1. The molecule has 2 aromatic rings. The second-order valence-electron chi connectivity index (χ2n) is 4.48. The number of rotatable bonds is 5. The predicted octanol–water partition coefficient (Wildman–Crippen LogP) is 4.43. The third-order valence-corrected chi connectivity index (χ3v) is 3.80. The minimum atomic E-state index is -0.934. The van der Waals surface area contributed by atoms with Crippen molar-refractivity contribution in [2.24, 2.45) is 0 Å². The molecule has 2 aromatic carbocycles. The zero-order valence-corrected chi connectivity index (χ0v) is 12.6. The Kier molecular flexibility index (Phi) is 4.93. The molecule has 0 fully saturated rings. The minimum Gasteiger partial charge on any atom is -0.478 e. The second kappa shape index (κ2) is 6.68. The summed E-state index contributed by atoms with van der Waals surface area (Å²) in [6.07, 6.45) is -0.0118. The summed E-state index contributed by atoms with van der Waals surface area (Å²) in [7, 11) is 0. The maximum Gasteiger partial charge on any atom is 0.335 e. The van der Waals surface area contributed by atoms with Crippen LogP contribution in [0.3, 0.4) is 0 Å². The third-order valence-electron chi connectivity index (χ3n) is 3.06. The maximum atomic E-state index is 10.9. The van der Waals surface area contributed by atoms with Gasteiger partial charge >= 0.3 is 5.97 Å². The molecular weight excluding hydrogens is 320 g/mol. The molecule has 0 aliphatic heterocycles. The first-order valence-corrected chi connectivity index (χ1v) is 7.05. The van der Waals surface area contributed by atoms with Gasteiger partial charge in [-0.25, -0.2) is 4.79 Å². The molecule has 1 N–H and O–H groups in total. The van der Waals surface area contributed by atoms with Crippen LogP contribution in [0.15, 0.2) is 53.0 Å². The van der Waals surface area contributed by atoms with Crippen LogP contribution in [0.25, 0.3) is 0 Å². The Morgan fingerprint density at radius 2 is 1.95 bits per heavy atom. The molecule has 0 aromatic heterocycles. The third kappa shape index (κ3) is 3.68. The fourth-order valence-electron chi connectivity index (χ4n) is 1.83. The van der Waals surface area contributed by atoms with Crippen LogP contribution >= 0.6 is 15.9 Å². The largest absolute Gasteiger partial charge is 0.478 e. The van der Waals surface area contributed by atoms with E-state index in [0.717, 1.165) is 15.6 Å². The summed E-state index contributed by atoms with van der Waals surface area (Å²) in [6, 6.07) is 14.9. The smallest absolute Gasteiger partial charge is 0.335 e. The minimum absolute atomic E-state index is 0.0118. The van der Waals surface area contributed by atoms with Crippen molar-refractivity contribution in [1.29, 1.82) is 0 Å². The number of hydrogen-bond acceptors (Lipinski definition) is 2.